The molecule has 6 heteroatoms. The molecule has 0 aromatic heterocycles. The highest BCUT2D eigenvalue weighted by Crippen LogP contribution is 2.11. The molecule has 0 rings (SSSR count). The minimum Gasteiger partial charge on any atom is -0.188 e. The molecule has 0 N–H and O–H groups in total. The van der Waals surface area contributed by atoms with Crippen molar-refractivity contribution in [1.29, 1.82) is 0 Å². The van der Waals surface area contributed by atoms with Gasteiger partial charge in [-0.3, -0.25) is 0 Å². The van der Waals surface area contributed by atoms with Crippen molar-refractivity contribution in [1.82, 2.24) is 0 Å². The molecule has 0 nitrogen and oxygen atoms in total. The van der Waals surface area contributed by atoms with E-state index in [9.17, 15) is 22.0 Å². The number of hydrogen-bond acceptors (Lipinski definition) is 0. The third-order valence-corrected chi connectivity index (χ3v) is 0.286. The molecule has 0 heterocycles. The largest absolute Gasteiger partial charge is 0.317 e. The van der Waals surface area contributed by atoms with Crippen LogP contribution in [0.1, 0.15) is 0 Å². The Morgan fingerprint density at radius 1 is 1.00 bits per heavy atom. The first-order chi connectivity index (χ1) is 4.37. The van der Waals surface area contributed by atoms with Crippen molar-refractivity contribution in [2.75, 3.05) is 0 Å². The van der Waals surface area contributed by atoms with Gasteiger partial charge in [-0.05, 0) is 18.2 Å². The molecule has 0 spiro atoms. The Bertz CT molecular complexity index is 119. The molecule has 0 unspecified atom stereocenters. The molecule has 0 aliphatic carbocycles. The number of rotatable bonds is 0. The fourth-order valence-corrected chi connectivity index (χ4v) is 0. The van der Waals surface area contributed by atoms with E-state index in [1.165, 1.54) is 0 Å². The van der Waals surface area contributed by atoms with Crippen molar-refractivity contribution >= 4 is 11.6 Å². The molecule has 0 amide bonds. The minimum atomic E-state index is -2.48. The van der Waals surface area contributed by atoms with Gasteiger partial charge in [0.2, 0.25) is 0 Å². The zero-order valence-electron chi connectivity index (χ0n) is 4.47. The van der Waals surface area contributed by atoms with Gasteiger partial charge >= 0.3 is 6.08 Å². The average molecular weight is 181 g/mol. The smallest absolute Gasteiger partial charge is 0.188 e. The standard InChI is InChI=1S/C2ClF3.C2H2F2/c3-1(4)2(5)6;1-2(3)4/h;1H2. The van der Waals surface area contributed by atoms with Crippen molar-refractivity contribution in [3.05, 3.63) is 24.0 Å². The van der Waals surface area contributed by atoms with Crippen LogP contribution in [0.2, 0.25) is 0 Å². The number of halogens is 6. The van der Waals surface area contributed by atoms with E-state index in [4.69, 9.17) is 0 Å². The van der Waals surface area contributed by atoms with Crippen LogP contribution in [0.3, 0.4) is 0 Å². The summed E-state index contributed by atoms with van der Waals surface area (Å²) in [5.41, 5.74) is 0. The zero-order valence-corrected chi connectivity index (χ0v) is 5.23. The molecule has 0 saturated carbocycles. The van der Waals surface area contributed by atoms with E-state index in [0.717, 1.165) is 0 Å². The molecule has 60 valence electrons. The van der Waals surface area contributed by atoms with E-state index >= 15 is 0 Å². The van der Waals surface area contributed by atoms with E-state index in [-0.39, 0.29) is 0 Å². The summed E-state index contributed by atoms with van der Waals surface area (Å²) in [6.45, 7) is 2.22. The fourth-order valence-electron chi connectivity index (χ4n) is 0. The van der Waals surface area contributed by atoms with E-state index in [2.05, 4.69) is 18.2 Å². The first kappa shape index (κ1) is 12.1. The van der Waals surface area contributed by atoms with Gasteiger partial charge in [0.05, 0.1) is 0 Å². The zero-order chi connectivity index (χ0) is 8.73. The maximum Gasteiger partial charge on any atom is 0.317 e. The van der Waals surface area contributed by atoms with Crippen LogP contribution in [-0.4, -0.2) is 0 Å². The van der Waals surface area contributed by atoms with Crippen LogP contribution in [0.5, 0.6) is 0 Å². The fraction of sp³-hybridized carbons (Fsp3) is 0. The highest BCUT2D eigenvalue weighted by Gasteiger charge is 1.95. The topological polar surface area (TPSA) is 0 Å². The molecule has 10 heavy (non-hydrogen) atoms. The average Bonchev–Trinajstić information content (AvgIpc) is 1.63. The summed E-state index contributed by atoms with van der Waals surface area (Å²) in [4.78, 5) is 0. The van der Waals surface area contributed by atoms with Crippen molar-refractivity contribution in [2.45, 2.75) is 0 Å². The molecule has 0 aliphatic rings. The highest BCUT2D eigenvalue weighted by molar-refractivity contribution is 6.28. The second-order valence-electron chi connectivity index (χ2n) is 0.860. The quantitative estimate of drug-likeness (QED) is 0.499. The third-order valence-electron chi connectivity index (χ3n) is 0.143. The van der Waals surface area contributed by atoms with Gasteiger partial charge in [0.25, 0.3) is 11.4 Å². The summed E-state index contributed by atoms with van der Waals surface area (Å²) in [5, 5.41) is -1.94. The molecule has 0 aromatic carbocycles. The maximum atomic E-state index is 10.7. The molecule has 0 radical (unpaired) electrons. The second-order valence-corrected chi connectivity index (χ2v) is 1.19. The summed E-state index contributed by atoms with van der Waals surface area (Å²) >= 11 is 4.08. The Morgan fingerprint density at radius 2 is 1.10 bits per heavy atom. The Balaban J connectivity index is 0. The normalized spacial score (nSPS) is 7.40. The predicted molar refractivity (Wildman–Crippen MR) is 27.6 cm³/mol. The Morgan fingerprint density at radius 3 is 1.10 bits per heavy atom. The Hall–Kier alpha value is -0.580. The van der Waals surface area contributed by atoms with Gasteiger partial charge in [0, 0.05) is 0 Å². The summed E-state index contributed by atoms with van der Waals surface area (Å²) < 4.78 is 52.1. The number of hydrogen-bond donors (Lipinski definition) is 0. The van der Waals surface area contributed by atoms with Gasteiger partial charge in [-0.25, -0.2) is 0 Å². The van der Waals surface area contributed by atoms with Gasteiger partial charge in [0.15, 0.2) is 0 Å². The lowest BCUT2D eigenvalue weighted by Crippen LogP contribution is -1.54. The van der Waals surface area contributed by atoms with E-state index in [1.54, 1.807) is 0 Å². The monoisotopic (exact) mass is 180 g/mol. The molecule has 0 fully saturated rings. The molecule has 0 saturated heterocycles. The van der Waals surface area contributed by atoms with Crippen LogP contribution in [0.25, 0.3) is 0 Å². The molecule has 0 bridgehead atoms. The van der Waals surface area contributed by atoms with E-state index in [1.807, 2.05) is 0 Å². The highest BCUT2D eigenvalue weighted by atomic mass is 35.5. The van der Waals surface area contributed by atoms with Crippen LogP contribution in [0, 0.1) is 0 Å². The van der Waals surface area contributed by atoms with Crippen LogP contribution < -0.4 is 0 Å². The Labute approximate surface area is 58.6 Å². The van der Waals surface area contributed by atoms with Gasteiger partial charge in [0.1, 0.15) is 0 Å². The van der Waals surface area contributed by atoms with E-state index < -0.39 is 17.4 Å². The molecule has 0 aliphatic heterocycles. The van der Waals surface area contributed by atoms with Crippen molar-refractivity contribution < 1.29 is 22.0 Å². The summed E-state index contributed by atoms with van der Waals surface area (Å²) in [6.07, 6.45) is -4.31. The third kappa shape index (κ3) is 26.1. The molecule has 0 aromatic rings. The summed E-state index contributed by atoms with van der Waals surface area (Å²) in [7, 11) is 0. The lowest BCUT2D eigenvalue weighted by atomic mass is 11.1. The first-order valence-corrected chi connectivity index (χ1v) is 2.12. The van der Waals surface area contributed by atoms with Crippen LogP contribution in [0.4, 0.5) is 22.0 Å². The van der Waals surface area contributed by atoms with Crippen LogP contribution in [-0.2, 0) is 0 Å². The maximum absolute atomic E-state index is 10.7. The molecular weight excluding hydrogens is 178 g/mol. The molecule has 0 atom stereocenters. The van der Waals surface area contributed by atoms with Crippen molar-refractivity contribution in [3.63, 3.8) is 0 Å². The lowest BCUT2D eigenvalue weighted by molar-refractivity contribution is 0.393. The first-order valence-electron chi connectivity index (χ1n) is 1.74. The van der Waals surface area contributed by atoms with Crippen molar-refractivity contribution in [2.24, 2.45) is 0 Å². The summed E-state index contributed by atoms with van der Waals surface area (Å²) in [6, 6.07) is 0. The van der Waals surface area contributed by atoms with Gasteiger partial charge in [-0.15, -0.1) is 0 Å². The molecular formula is C4H2ClF5. The van der Waals surface area contributed by atoms with Crippen LogP contribution >= 0.6 is 11.6 Å². The Kier molecular flexibility index (Phi) is 7.93. The minimum absolute atomic E-state index is 1.83. The SMILES string of the molecule is C=C(F)F.FC(F)=C(F)Cl. The van der Waals surface area contributed by atoms with Crippen molar-refractivity contribution in [3.8, 4) is 0 Å². The van der Waals surface area contributed by atoms with Gasteiger partial charge in [-0.1, -0.05) is 0 Å². The predicted octanol–water partition coefficient (Wildman–Crippen LogP) is 3.66. The van der Waals surface area contributed by atoms with Gasteiger partial charge < -0.3 is 0 Å². The lowest BCUT2D eigenvalue weighted by Gasteiger charge is -1.70. The van der Waals surface area contributed by atoms with Crippen LogP contribution in [0.15, 0.2) is 24.0 Å². The van der Waals surface area contributed by atoms with E-state index in [0.29, 0.717) is 0 Å². The summed E-state index contributed by atoms with van der Waals surface area (Å²) in [5.74, 6) is 0. The van der Waals surface area contributed by atoms with Gasteiger partial charge in [-0.2, -0.15) is 22.0 Å². The second kappa shape index (κ2) is 6.54.